The standard InChI is InChI=1S/C50H38N2.C2H6/c1-4-5-10-27-51-50-43-28-32(3)47(50)49-40(38-17-11-18-39(38)43)19-12-20-41(49)42-29-34(22-21-31(42)2)35-24-25-45-44(30-35)48-37-16-9-6-13-33(37)23-26-46(48)52(45)36-14-7-8-15-36;1-2/h4-14,16,18-30,47,51H,15H2,1-3H3;1-2H3/b5-4-,27-10-;. The molecule has 4 aliphatic rings. The zero-order valence-corrected chi connectivity index (χ0v) is 31.7. The molecule has 1 aromatic heterocycles. The average molecular weight is 697 g/mol. The minimum absolute atomic E-state index is 0.121. The third kappa shape index (κ3) is 5.17. The predicted octanol–water partition coefficient (Wildman–Crippen LogP) is 13.9. The summed E-state index contributed by atoms with van der Waals surface area (Å²) in [7, 11) is 0. The highest BCUT2D eigenvalue weighted by molar-refractivity contribution is 6.22. The van der Waals surface area contributed by atoms with Gasteiger partial charge in [-0.05, 0) is 125 Å². The first kappa shape index (κ1) is 33.5. The fourth-order valence-electron chi connectivity index (χ4n) is 8.95. The Bertz CT molecular complexity index is 2840. The van der Waals surface area contributed by atoms with Crippen LogP contribution in [0.2, 0.25) is 0 Å². The third-order valence-corrected chi connectivity index (χ3v) is 11.3. The molecule has 0 saturated carbocycles. The minimum Gasteiger partial charge on any atom is -0.364 e. The summed E-state index contributed by atoms with van der Waals surface area (Å²) >= 11 is 0. The number of aromatic nitrogens is 1. The quantitative estimate of drug-likeness (QED) is 0.135. The van der Waals surface area contributed by atoms with Gasteiger partial charge < -0.3 is 9.88 Å². The van der Waals surface area contributed by atoms with Crippen LogP contribution in [0.4, 0.5) is 0 Å². The van der Waals surface area contributed by atoms with Gasteiger partial charge in [-0.25, -0.2) is 0 Å². The van der Waals surface area contributed by atoms with Crippen LogP contribution in [-0.2, 0) is 0 Å². The molecule has 2 heteroatoms. The van der Waals surface area contributed by atoms with Crippen molar-refractivity contribution in [3.05, 3.63) is 197 Å². The summed E-state index contributed by atoms with van der Waals surface area (Å²) in [5.74, 6) is 0.121. The van der Waals surface area contributed by atoms with Crippen molar-refractivity contribution in [2.75, 3.05) is 0 Å². The van der Waals surface area contributed by atoms with Crippen LogP contribution < -0.4 is 5.32 Å². The number of hydrogen-bond donors (Lipinski definition) is 1. The summed E-state index contributed by atoms with van der Waals surface area (Å²) in [5.41, 5.74) is 22.6. The van der Waals surface area contributed by atoms with Crippen LogP contribution in [-0.4, -0.2) is 4.57 Å². The predicted molar refractivity (Wildman–Crippen MR) is 232 cm³/mol. The molecule has 6 aromatic rings. The number of benzene rings is 5. The van der Waals surface area contributed by atoms with Gasteiger partial charge in [0.15, 0.2) is 0 Å². The van der Waals surface area contributed by atoms with Crippen LogP contribution in [0.1, 0.15) is 56.7 Å². The SMILES string of the molecule is C/C=C\C=C/NC1=C2C=C(C)C1c1c(cccc1-c1cc(-c3ccc4c(c3)c3c5ccccc5ccc3n4C3=CC=CC3)ccc1C)C1=C=CC=C12.CC. The highest BCUT2D eigenvalue weighted by Gasteiger charge is 2.37. The third-order valence-electron chi connectivity index (χ3n) is 11.3. The molecular weight excluding hydrogens is 653 g/mol. The molecule has 1 N–H and O–H groups in total. The molecular formula is C52H44N2. The average Bonchev–Trinajstić information content (AvgIpc) is 4.02. The van der Waals surface area contributed by atoms with Crippen LogP contribution in [0.5, 0.6) is 0 Å². The Balaban J connectivity index is 0.00000189. The first-order valence-electron chi connectivity index (χ1n) is 19.3. The zero-order chi connectivity index (χ0) is 36.9. The van der Waals surface area contributed by atoms with Gasteiger partial charge in [0, 0.05) is 51.9 Å². The molecule has 0 fully saturated rings. The van der Waals surface area contributed by atoms with Crippen molar-refractivity contribution in [3.63, 3.8) is 0 Å². The molecule has 5 aromatic carbocycles. The second kappa shape index (κ2) is 13.6. The van der Waals surface area contributed by atoms with Crippen molar-refractivity contribution in [2.24, 2.45) is 0 Å². The number of fused-ring (bicyclic) bond motifs is 11. The molecule has 10 rings (SSSR count). The lowest BCUT2D eigenvalue weighted by molar-refractivity contribution is 0.855. The molecule has 1 atom stereocenters. The highest BCUT2D eigenvalue weighted by Crippen LogP contribution is 2.53. The smallest absolute Gasteiger partial charge is 0.0544 e. The van der Waals surface area contributed by atoms with Gasteiger partial charge in [0.05, 0.1) is 11.0 Å². The Morgan fingerprint density at radius 3 is 2.44 bits per heavy atom. The molecule has 0 amide bonds. The molecule has 1 heterocycles. The lowest BCUT2D eigenvalue weighted by Gasteiger charge is -2.25. The molecule has 2 nitrogen and oxygen atoms in total. The summed E-state index contributed by atoms with van der Waals surface area (Å²) in [5, 5.41) is 8.90. The van der Waals surface area contributed by atoms with Gasteiger partial charge in [0.2, 0.25) is 0 Å². The van der Waals surface area contributed by atoms with Gasteiger partial charge in [-0.2, -0.15) is 0 Å². The van der Waals surface area contributed by atoms with E-state index in [1.165, 1.54) is 105 Å². The van der Waals surface area contributed by atoms with E-state index in [4.69, 9.17) is 0 Å². The van der Waals surface area contributed by atoms with Gasteiger partial charge in [0.1, 0.15) is 0 Å². The van der Waals surface area contributed by atoms with E-state index in [-0.39, 0.29) is 5.92 Å². The number of nitrogens with one attached hydrogen (secondary N) is 1. The van der Waals surface area contributed by atoms with Gasteiger partial charge in [-0.3, -0.25) is 0 Å². The topological polar surface area (TPSA) is 17.0 Å². The Morgan fingerprint density at radius 1 is 0.778 bits per heavy atom. The zero-order valence-electron chi connectivity index (χ0n) is 31.7. The highest BCUT2D eigenvalue weighted by atomic mass is 15.0. The van der Waals surface area contributed by atoms with Gasteiger partial charge in [-0.15, -0.1) is 5.73 Å². The fraction of sp³-hybridized carbons (Fsp3) is 0.135. The summed E-state index contributed by atoms with van der Waals surface area (Å²) < 4.78 is 2.47. The summed E-state index contributed by atoms with van der Waals surface area (Å²) in [6.45, 7) is 10.6. The number of nitrogens with zero attached hydrogens (tertiary/aromatic N) is 1. The second-order valence-electron chi connectivity index (χ2n) is 14.3. The van der Waals surface area contributed by atoms with E-state index in [1.807, 2.05) is 20.8 Å². The first-order valence-corrected chi connectivity index (χ1v) is 19.3. The second-order valence-corrected chi connectivity index (χ2v) is 14.3. The monoisotopic (exact) mass is 696 g/mol. The molecule has 2 bridgehead atoms. The van der Waals surface area contributed by atoms with Crippen molar-refractivity contribution in [1.82, 2.24) is 9.88 Å². The lowest BCUT2D eigenvalue weighted by atomic mass is 9.80. The van der Waals surface area contributed by atoms with Gasteiger partial charge in [-0.1, -0.05) is 117 Å². The van der Waals surface area contributed by atoms with E-state index in [1.54, 1.807) is 0 Å². The minimum atomic E-state index is 0.121. The van der Waals surface area contributed by atoms with E-state index < -0.39 is 0 Å². The van der Waals surface area contributed by atoms with Crippen LogP contribution in [0.3, 0.4) is 0 Å². The number of aryl methyl sites for hydroxylation is 1. The largest absolute Gasteiger partial charge is 0.364 e. The molecule has 0 radical (unpaired) electrons. The fourth-order valence-corrected chi connectivity index (χ4v) is 8.95. The summed E-state index contributed by atoms with van der Waals surface area (Å²) in [4.78, 5) is 0. The summed E-state index contributed by atoms with van der Waals surface area (Å²) in [6.07, 6.45) is 22.5. The van der Waals surface area contributed by atoms with Crippen molar-refractivity contribution in [1.29, 1.82) is 0 Å². The lowest BCUT2D eigenvalue weighted by Crippen LogP contribution is -2.15. The Labute approximate surface area is 318 Å². The van der Waals surface area contributed by atoms with Crippen molar-refractivity contribution in [2.45, 2.75) is 47.0 Å². The summed E-state index contributed by atoms with van der Waals surface area (Å²) in [6, 6.07) is 34.3. The Morgan fingerprint density at radius 2 is 1.59 bits per heavy atom. The van der Waals surface area contributed by atoms with E-state index in [0.29, 0.717) is 0 Å². The van der Waals surface area contributed by atoms with E-state index in [2.05, 4.69) is 181 Å². The van der Waals surface area contributed by atoms with Crippen molar-refractivity contribution < 1.29 is 0 Å². The Kier molecular flexibility index (Phi) is 8.42. The molecule has 262 valence electrons. The molecule has 0 saturated heterocycles. The van der Waals surface area contributed by atoms with Crippen LogP contribution in [0.25, 0.3) is 66.1 Å². The maximum atomic E-state index is 3.73. The van der Waals surface area contributed by atoms with Gasteiger partial charge in [0.25, 0.3) is 0 Å². The molecule has 54 heavy (non-hydrogen) atoms. The van der Waals surface area contributed by atoms with Gasteiger partial charge >= 0.3 is 0 Å². The molecule has 1 unspecified atom stereocenters. The van der Waals surface area contributed by atoms with E-state index >= 15 is 0 Å². The van der Waals surface area contributed by atoms with Crippen LogP contribution in [0, 0.1) is 6.92 Å². The maximum Gasteiger partial charge on any atom is 0.0544 e. The van der Waals surface area contributed by atoms with E-state index in [0.717, 1.165) is 6.42 Å². The van der Waals surface area contributed by atoms with Crippen molar-refractivity contribution >= 4 is 43.8 Å². The van der Waals surface area contributed by atoms with Crippen molar-refractivity contribution in [3.8, 4) is 22.3 Å². The maximum absolute atomic E-state index is 3.73. The van der Waals surface area contributed by atoms with Crippen LogP contribution in [0.15, 0.2) is 180 Å². The molecule has 4 aliphatic carbocycles. The number of rotatable bonds is 6. The number of hydrogen-bond acceptors (Lipinski definition) is 1. The van der Waals surface area contributed by atoms with Crippen LogP contribution >= 0.6 is 0 Å². The number of allylic oxidation sites excluding steroid dienone is 13. The Hall–Kier alpha value is -6.34. The first-order chi connectivity index (χ1) is 26.6. The molecule has 0 aliphatic heterocycles. The normalized spacial score (nSPS) is 16.9. The van der Waals surface area contributed by atoms with E-state index in [9.17, 15) is 0 Å². The molecule has 0 spiro atoms.